The van der Waals surface area contributed by atoms with Crippen LogP contribution in [0.25, 0.3) is 0 Å². The van der Waals surface area contributed by atoms with Crippen molar-refractivity contribution in [3.8, 4) is 0 Å². The zero-order valence-electron chi connectivity index (χ0n) is 7.36. The van der Waals surface area contributed by atoms with Crippen molar-refractivity contribution < 1.29 is 9.30 Å². The molecule has 64 valence electrons. The van der Waals surface area contributed by atoms with Crippen molar-refractivity contribution in [3.05, 3.63) is 30.1 Å². The van der Waals surface area contributed by atoms with Crippen LogP contribution in [0.4, 0.5) is 0 Å². The van der Waals surface area contributed by atoms with Crippen LogP contribution in [0.15, 0.2) is 24.5 Å². The molecule has 0 amide bonds. The Hall–Kier alpha value is -0.890. The third-order valence-electron chi connectivity index (χ3n) is 2.19. The molecule has 2 heteroatoms. The van der Waals surface area contributed by atoms with E-state index >= 15 is 0 Å². The summed E-state index contributed by atoms with van der Waals surface area (Å²) >= 11 is 0. The molecule has 1 unspecified atom stereocenters. The number of nitrogens with zero attached hydrogens (tertiary/aromatic N) is 1. The van der Waals surface area contributed by atoms with E-state index in [2.05, 4.69) is 36.0 Å². The van der Waals surface area contributed by atoms with Crippen molar-refractivity contribution in [2.75, 3.05) is 6.61 Å². The SMILES string of the molecule is CCc1cc[n+](CC2CO2)cc1. The van der Waals surface area contributed by atoms with Crippen LogP contribution >= 0.6 is 0 Å². The van der Waals surface area contributed by atoms with E-state index in [1.165, 1.54) is 5.56 Å². The summed E-state index contributed by atoms with van der Waals surface area (Å²) in [5.41, 5.74) is 1.39. The lowest BCUT2D eigenvalue weighted by Gasteiger charge is -1.94. The van der Waals surface area contributed by atoms with Gasteiger partial charge in [0, 0.05) is 12.1 Å². The highest BCUT2D eigenvalue weighted by molar-refractivity contribution is 5.06. The lowest BCUT2D eigenvalue weighted by molar-refractivity contribution is -0.698. The van der Waals surface area contributed by atoms with Crippen LogP contribution in [0.5, 0.6) is 0 Å². The molecule has 0 saturated carbocycles. The number of hydrogen-bond acceptors (Lipinski definition) is 1. The second kappa shape index (κ2) is 3.23. The molecular formula is C10H14NO+. The highest BCUT2D eigenvalue weighted by atomic mass is 16.6. The molecule has 12 heavy (non-hydrogen) atoms. The minimum absolute atomic E-state index is 0.475. The highest BCUT2D eigenvalue weighted by Crippen LogP contribution is 2.07. The van der Waals surface area contributed by atoms with Crippen molar-refractivity contribution in [1.29, 1.82) is 0 Å². The molecule has 0 spiro atoms. The van der Waals surface area contributed by atoms with Crippen LogP contribution in [0.2, 0.25) is 0 Å². The van der Waals surface area contributed by atoms with Crippen LogP contribution < -0.4 is 4.57 Å². The maximum absolute atomic E-state index is 5.15. The average molecular weight is 164 g/mol. The molecule has 1 aromatic rings. The number of epoxide rings is 1. The smallest absolute Gasteiger partial charge is 0.176 e. The van der Waals surface area contributed by atoms with Gasteiger partial charge in [-0.3, -0.25) is 0 Å². The van der Waals surface area contributed by atoms with E-state index in [4.69, 9.17) is 4.74 Å². The molecule has 0 N–H and O–H groups in total. The molecule has 1 atom stereocenters. The van der Waals surface area contributed by atoms with Gasteiger partial charge in [0.2, 0.25) is 0 Å². The van der Waals surface area contributed by atoms with Crippen LogP contribution in [0.1, 0.15) is 12.5 Å². The second-order valence-electron chi connectivity index (χ2n) is 3.21. The van der Waals surface area contributed by atoms with E-state index in [0.29, 0.717) is 6.10 Å². The fraction of sp³-hybridized carbons (Fsp3) is 0.500. The van der Waals surface area contributed by atoms with Gasteiger partial charge >= 0.3 is 0 Å². The van der Waals surface area contributed by atoms with Gasteiger partial charge < -0.3 is 4.74 Å². The third-order valence-corrected chi connectivity index (χ3v) is 2.19. The minimum Gasteiger partial charge on any atom is -0.366 e. The molecule has 0 radical (unpaired) electrons. The van der Waals surface area contributed by atoms with Crippen LogP contribution in [0, 0.1) is 0 Å². The van der Waals surface area contributed by atoms with E-state index in [1.807, 2.05) is 0 Å². The lowest BCUT2D eigenvalue weighted by atomic mass is 10.2. The summed E-state index contributed by atoms with van der Waals surface area (Å²) < 4.78 is 7.33. The zero-order chi connectivity index (χ0) is 8.39. The number of aromatic nitrogens is 1. The van der Waals surface area contributed by atoms with Crippen molar-refractivity contribution in [3.63, 3.8) is 0 Å². The Morgan fingerprint density at radius 2 is 2.17 bits per heavy atom. The van der Waals surface area contributed by atoms with Crippen LogP contribution in [-0.4, -0.2) is 12.7 Å². The number of rotatable bonds is 3. The number of hydrogen-bond donors (Lipinski definition) is 0. The molecule has 1 aliphatic heterocycles. The van der Waals surface area contributed by atoms with Gasteiger partial charge in [-0.2, -0.15) is 0 Å². The molecule has 0 aromatic carbocycles. The summed E-state index contributed by atoms with van der Waals surface area (Å²) in [6.07, 6.45) is 5.84. The summed E-state index contributed by atoms with van der Waals surface area (Å²) in [6, 6.07) is 4.34. The molecule has 1 saturated heterocycles. The molecule has 1 aromatic heterocycles. The van der Waals surface area contributed by atoms with E-state index < -0.39 is 0 Å². The fourth-order valence-electron chi connectivity index (χ4n) is 1.25. The van der Waals surface area contributed by atoms with Gasteiger partial charge in [-0.25, -0.2) is 4.57 Å². The van der Waals surface area contributed by atoms with E-state index in [1.54, 1.807) is 0 Å². The van der Waals surface area contributed by atoms with Gasteiger partial charge in [0.25, 0.3) is 0 Å². The molecule has 2 heterocycles. The minimum atomic E-state index is 0.475. The second-order valence-corrected chi connectivity index (χ2v) is 3.21. The van der Waals surface area contributed by atoms with Crippen molar-refractivity contribution in [2.24, 2.45) is 0 Å². The number of ether oxygens (including phenoxy) is 1. The largest absolute Gasteiger partial charge is 0.366 e. The quantitative estimate of drug-likeness (QED) is 0.479. The van der Waals surface area contributed by atoms with Crippen LogP contribution in [-0.2, 0) is 17.7 Å². The molecule has 2 nitrogen and oxygen atoms in total. The Morgan fingerprint density at radius 1 is 1.50 bits per heavy atom. The third kappa shape index (κ3) is 1.83. The van der Waals surface area contributed by atoms with Gasteiger partial charge in [0.1, 0.15) is 6.10 Å². The topological polar surface area (TPSA) is 16.4 Å². The predicted octanol–water partition coefficient (Wildman–Crippen LogP) is 0.935. The normalized spacial score (nSPS) is 20.9. The first-order valence-corrected chi connectivity index (χ1v) is 4.48. The van der Waals surface area contributed by atoms with Gasteiger partial charge in [0.05, 0.1) is 6.61 Å². The summed E-state index contributed by atoms with van der Waals surface area (Å²) in [5.74, 6) is 0. The number of aryl methyl sites for hydroxylation is 1. The highest BCUT2D eigenvalue weighted by Gasteiger charge is 2.26. The summed E-state index contributed by atoms with van der Waals surface area (Å²) in [6.45, 7) is 4.11. The fourth-order valence-corrected chi connectivity index (χ4v) is 1.25. The maximum Gasteiger partial charge on any atom is 0.176 e. The van der Waals surface area contributed by atoms with E-state index in [9.17, 15) is 0 Å². The molecule has 0 aliphatic carbocycles. The molecule has 1 fully saturated rings. The molecule has 0 bridgehead atoms. The Kier molecular flexibility index (Phi) is 2.09. The number of pyridine rings is 1. The van der Waals surface area contributed by atoms with Crippen molar-refractivity contribution in [1.82, 2.24) is 0 Å². The first-order valence-electron chi connectivity index (χ1n) is 4.48. The van der Waals surface area contributed by atoms with Gasteiger partial charge in [-0.05, 0) is 12.0 Å². The predicted molar refractivity (Wildman–Crippen MR) is 45.8 cm³/mol. The van der Waals surface area contributed by atoms with Crippen molar-refractivity contribution in [2.45, 2.75) is 26.0 Å². The molecule has 1 aliphatic rings. The van der Waals surface area contributed by atoms with Gasteiger partial charge in [-0.1, -0.05) is 6.92 Å². The monoisotopic (exact) mass is 164 g/mol. The Bertz CT molecular complexity index is 251. The molecular weight excluding hydrogens is 150 g/mol. The average Bonchev–Trinajstić information content (AvgIpc) is 2.90. The lowest BCUT2D eigenvalue weighted by Crippen LogP contribution is -2.35. The van der Waals surface area contributed by atoms with Crippen molar-refractivity contribution >= 4 is 0 Å². The van der Waals surface area contributed by atoms with E-state index in [-0.39, 0.29) is 0 Å². The first kappa shape index (κ1) is 7.74. The summed E-state index contributed by atoms with van der Waals surface area (Å²) in [7, 11) is 0. The Balaban J connectivity index is 2.02. The van der Waals surface area contributed by atoms with Gasteiger partial charge in [0.15, 0.2) is 18.9 Å². The summed E-state index contributed by atoms with van der Waals surface area (Å²) in [4.78, 5) is 0. The summed E-state index contributed by atoms with van der Waals surface area (Å²) in [5, 5.41) is 0. The maximum atomic E-state index is 5.15. The van der Waals surface area contributed by atoms with E-state index in [0.717, 1.165) is 19.6 Å². The molecule has 2 rings (SSSR count). The first-order chi connectivity index (χ1) is 5.88. The Morgan fingerprint density at radius 3 is 2.67 bits per heavy atom. The zero-order valence-corrected chi connectivity index (χ0v) is 7.36. The Labute approximate surface area is 72.8 Å². The van der Waals surface area contributed by atoms with Gasteiger partial charge in [-0.15, -0.1) is 0 Å². The van der Waals surface area contributed by atoms with Crippen LogP contribution in [0.3, 0.4) is 0 Å². The standard InChI is InChI=1S/C10H14NO/c1-2-9-3-5-11(6-4-9)7-10-8-12-10/h3-6,10H,2,7-8H2,1H3/q+1.